The molecule has 4 aromatic carbocycles. The maximum absolute atomic E-state index is 11.3. The molecule has 0 unspecified atom stereocenters. The number of carboxylic acid groups (broad SMARTS) is 1. The van der Waals surface area contributed by atoms with E-state index in [4.69, 9.17) is 9.47 Å². The van der Waals surface area contributed by atoms with Crippen LogP contribution in [0.1, 0.15) is 40.3 Å². The van der Waals surface area contributed by atoms with Crippen LogP contribution in [0.15, 0.2) is 109 Å². The minimum atomic E-state index is -0.953. The molecule has 0 aliphatic heterocycles. The highest BCUT2D eigenvalue weighted by molar-refractivity contribution is 5.76. The molecule has 0 bridgehead atoms. The number of hydrogen-bond acceptors (Lipinski definition) is 3. The summed E-state index contributed by atoms with van der Waals surface area (Å²) >= 11 is 0. The Balaban J connectivity index is 1.43. The summed E-state index contributed by atoms with van der Waals surface area (Å²) in [5, 5.41) is 9.29. The van der Waals surface area contributed by atoms with Crippen molar-refractivity contribution in [3.63, 3.8) is 0 Å². The van der Waals surface area contributed by atoms with Crippen molar-refractivity contribution >= 4 is 36.3 Å². The average molecular weight is 531 g/mol. The van der Waals surface area contributed by atoms with Crippen LogP contribution in [0.5, 0.6) is 5.75 Å². The molecule has 0 saturated carbocycles. The molecule has 1 atom stereocenters. The van der Waals surface area contributed by atoms with Crippen LogP contribution >= 0.6 is 0 Å². The molecule has 4 heteroatoms. The highest BCUT2D eigenvalue weighted by Crippen LogP contribution is 2.19. The van der Waals surface area contributed by atoms with Crippen molar-refractivity contribution in [1.29, 1.82) is 0 Å². The van der Waals surface area contributed by atoms with Crippen LogP contribution in [0.4, 0.5) is 0 Å². The monoisotopic (exact) mass is 530 g/mol. The lowest BCUT2D eigenvalue weighted by molar-refractivity contribution is -0.149. The summed E-state index contributed by atoms with van der Waals surface area (Å²) in [6.45, 7) is 2.57. The second-order valence-corrected chi connectivity index (χ2v) is 9.26. The van der Waals surface area contributed by atoms with Crippen LogP contribution in [-0.4, -0.2) is 30.4 Å². The molecule has 40 heavy (non-hydrogen) atoms. The standard InChI is InChI=1S/C36H34O4/c1-2-39-35(36(37)38)27-30-19-21-34(22-20-30)40-23-9-14-31-24-32(17-15-28-10-5-3-6-11-28)26-33(25-31)18-16-29-12-7-4-8-13-29/h3-22,24-26,35H,2,23,27H2,1H3,(H,37,38)/b14-9+,17-15?,18-16?/t35-/m0/s1. The largest absolute Gasteiger partial charge is 0.490 e. The van der Waals surface area contributed by atoms with Crippen LogP contribution in [0.25, 0.3) is 30.4 Å². The predicted octanol–water partition coefficient (Wildman–Crippen LogP) is 8.15. The fraction of sp³-hybridized carbons (Fsp3) is 0.139. The molecule has 0 aliphatic carbocycles. The summed E-state index contributed by atoms with van der Waals surface area (Å²) in [6.07, 6.45) is 12.0. The Labute approximate surface area is 236 Å². The fourth-order valence-electron chi connectivity index (χ4n) is 4.19. The molecule has 0 spiro atoms. The van der Waals surface area contributed by atoms with E-state index >= 15 is 0 Å². The van der Waals surface area contributed by atoms with E-state index in [1.165, 1.54) is 0 Å². The lowest BCUT2D eigenvalue weighted by atomic mass is 10.0. The van der Waals surface area contributed by atoms with Crippen LogP contribution in [0, 0.1) is 0 Å². The van der Waals surface area contributed by atoms with Crippen molar-refractivity contribution in [2.75, 3.05) is 13.2 Å². The molecule has 0 saturated heterocycles. The van der Waals surface area contributed by atoms with Gasteiger partial charge in [0.15, 0.2) is 6.10 Å². The summed E-state index contributed by atoms with van der Waals surface area (Å²) in [4.78, 5) is 11.3. The Hall–Kier alpha value is -4.67. The summed E-state index contributed by atoms with van der Waals surface area (Å²) < 4.78 is 11.2. The quantitative estimate of drug-likeness (QED) is 0.177. The zero-order valence-corrected chi connectivity index (χ0v) is 22.6. The van der Waals surface area contributed by atoms with Crippen LogP contribution < -0.4 is 4.74 Å². The summed E-state index contributed by atoms with van der Waals surface area (Å²) in [6, 6.07) is 34.5. The number of hydrogen-bond donors (Lipinski definition) is 1. The third-order valence-corrected chi connectivity index (χ3v) is 6.18. The minimum absolute atomic E-state index is 0.319. The van der Waals surface area contributed by atoms with Crippen molar-refractivity contribution in [3.8, 4) is 5.75 Å². The zero-order valence-electron chi connectivity index (χ0n) is 22.6. The molecular formula is C36H34O4. The van der Waals surface area contributed by atoms with E-state index in [-0.39, 0.29) is 0 Å². The summed E-state index contributed by atoms with van der Waals surface area (Å²) in [5.74, 6) is -0.228. The molecular weight excluding hydrogens is 496 g/mol. The van der Waals surface area contributed by atoms with Gasteiger partial charge >= 0.3 is 5.97 Å². The smallest absolute Gasteiger partial charge is 0.333 e. The Kier molecular flexibility index (Phi) is 10.7. The van der Waals surface area contributed by atoms with Crippen molar-refractivity contribution in [3.05, 3.63) is 143 Å². The normalized spacial score (nSPS) is 12.3. The summed E-state index contributed by atoms with van der Waals surface area (Å²) in [5.41, 5.74) is 6.50. The van der Waals surface area contributed by atoms with Crippen LogP contribution in [-0.2, 0) is 16.0 Å². The highest BCUT2D eigenvalue weighted by Gasteiger charge is 2.17. The van der Waals surface area contributed by atoms with Gasteiger partial charge < -0.3 is 14.6 Å². The predicted molar refractivity (Wildman–Crippen MR) is 165 cm³/mol. The number of aliphatic carboxylic acids is 1. The van der Waals surface area contributed by atoms with Crippen molar-refractivity contribution < 1.29 is 19.4 Å². The van der Waals surface area contributed by atoms with Crippen molar-refractivity contribution in [2.24, 2.45) is 0 Å². The van der Waals surface area contributed by atoms with Gasteiger partial charge in [-0.2, -0.15) is 0 Å². The Morgan fingerprint density at radius 2 is 1.20 bits per heavy atom. The lowest BCUT2D eigenvalue weighted by Gasteiger charge is -2.12. The molecule has 202 valence electrons. The second-order valence-electron chi connectivity index (χ2n) is 9.26. The Morgan fingerprint density at radius 1 is 0.700 bits per heavy atom. The fourth-order valence-corrected chi connectivity index (χ4v) is 4.19. The van der Waals surface area contributed by atoms with E-state index in [2.05, 4.69) is 72.8 Å². The molecule has 0 aliphatic rings. The van der Waals surface area contributed by atoms with E-state index in [1.54, 1.807) is 6.92 Å². The van der Waals surface area contributed by atoms with Crippen LogP contribution in [0.2, 0.25) is 0 Å². The average Bonchev–Trinajstić information content (AvgIpc) is 2.99. The molecule has 4 aromatic rings. The maximum Gasteiger partial charge on any atom is 0.333 e. The first-order valence-corrected chi connectivity index (χ1v) is 13.4. The molecule has 0 radical (unpaired) electrons. The summed E-state index contributed by atoms with van der Waals surface area (Å²) in [7, 11) is 0. The number of carbonyl (C=O) groups is 1. The first kappa shape index (κ1) is 28.3. The van der Waals surface area contributed by atoms with Gasteiger partial charge in [-0.25, -0.2) is 4.79 Å². The van der Waals surface area contributed by atoms with Gasteiger partial charge in [-0.1, -0.05) is 103 Å². The van der Waals surface area contributed by atoms with E-state index in [0.717, 1.165) is 39.1 Å². The topological polar surface area (TPSA) is 55.8 Å². The second kappa shape index (κ2) is 15.1. The van der Waals surface area contributed by atoms with Crippen LogP contribution in [0.3, 0.4) is 0 Å². The van der Waals surface area contributed by atoms with E-state index in [1.807, 2.05) is 66.7 Å². The number of rotatable bonds is 13. The molecule has 0 aromatic heterocycles. The van der Waals surface area contributed by atoms with Gasteiger partial charge in [0.05, 0.1) is 0 Å². The van der Waals surface area contributed by atoms with Gasteiger partial charge in [0, 0.05) is 13.0 Å². The van der Waals surface area contributed by atoms with Crippen molar-refractivity contribution in [2.45, 2.75) is 19.4 Å². The van der Waals surface area contributed by atoms with Gasteiger partial charge in [0.1, 0.15) is 12.4 Å². The van der Waals surface area contributed by atoms with Gasteiger partial charge in [-0.05, 0) is 76.7 Å². The van der Waals surface area contributed by atoms with Gasteiger partial charge in [0.25, 0.3) is 0 Å². The maximum atomic E-state index is 11.3. The number of carboxylic acids is 1. The molecule has 4 rings (SSSR count). The molecule has 0 fully saturated rings. The Bertz CT molecular complexity index is 1370. The molecule has 1 N–H and O–H groups in total. The number of ether oxygens (including phenoxy) is 2. The lowest BCUT2D eigenvalue weighted by Crippen LogP contribution is -2.26. The van der Waals surface area contributed by atoms with Gasteiger partial charge in [-0.3, -0.25) is 0 Å². The minimum Gasteiger partial charge on any atom is -0.490 e. The van der Waals surface area contributed by atoms with E-state index in [9.17, 15) is 9.90 Å². The zero-order chi connectivity index (χ0) is 28.0. The third-order valence-electron chi connectivity index (χ3n) is 6.18. The first-order valence-electron chi connectivity index (χ1n) is 13.4. The van der Waals surface area contributed by atoms with E-state index in [0.29, 0.717) is 19.6 Å². The molecule has 0 heterocycles. The molecule has 0 amide bonds. The number of benzene rings is 4. The van der Waals surface area contributed by atoms with Gasteiger partial charge in [-0.15, -0.1) is 0 Å². The Morgan fingerprint density at radius 3 is 1.70 bits per heavy atom. The van der Waals surface area contributed by atoms with E-state index < -0.39 is 12.1 Å². The van der Waals surface area contributed by atoms with Crippen molar-refractivity contribution in [1.82, 2.24) is 0 Å². The molecule has 4 nitrogen and oxygen atoms in total. The third kappa shape index (κ3) is 9.26. The van der Waals surface area contributed by atoms with Gasteiger partial charge in [0.2, 0.25) is 0 Å². The first-order chi connectivity index (χ1) is 19.6. The highest BCUT2D eigenvalue weighted by atomic mass is 16.5. The SMILES string of the molecule is CCO[C@@H](Cc1ccc(OC/C=C/c2cc(C=Cc3ccccc3)cc(C=Cc3ccccc3)c2)cc1)C(=O)O.